The van der Waals surface area contributed by atoms with E-state index in [0.717, 1.165) is 18.5 Å². The van der Waals surface area contributed by atoms with Gasteiger partial charge in [0.2, 0.25) is 0 Å². The van der Waals surface area contributed by atoms with Gasteiger partial charge in [-0.15, -0.1) is 0 Å². The Morgan fingerprint density at radius 3 is 2.39 bits per heavy atom. The molecule has 1 N–H and O–H groups in total. The fourth-order valence-electron chi connectivity index (χ4n) is 3.46. The number of hydrogen-bond donors (Lipinski definition) is 1. The number of aromatic nitrogens is 1. The predicted molar refractivity (Wildman–Crippen MR) is 72.9 cm³/mol. The maximum atomic E-state index is 9.83. The molecule has 0 radical (unpaired) electrons. The fourth-order valence-corrected chi connectivity index (χ4v) is 3.46. The maximum absolute atomic E-state index is 9.83. The maximum Gasteiger partial charge on any atom is 0.0579 e. The molecular weight excluding hydrogens is 224 g/mol. The van der Waals surface area contributed by atoms with E-state index in [2.05, 4.69) is 35.9 Å². The van der Waals surface area contributed by atoms with Crippen LogP contribution in [0.3, 0.4) is 0 Å². The molecule has 18 heavy (non-hydrogen) atoms. The van der Waals surface area contributed by atoms with E-state index in [-0.39, 0.29) is 6.10 Å². The van der Waals surface area contributed by atoms with Gasteiger partial charge in [0.15, 0.2) is 0 Å². The smallest absolute Gasteiger partial charge is 0.0579 e. The highest BCUT2D eigenvalue weighted by Gasteiger charge is 2.40. The van der Waals surface area contributed by atoms with Crippen molar-refractivity contribution >= 4 is 5.69 Å². The van der Waals surface area contributed by atoms with E-state index < -0.39 is 0 Å². The monoisotopic (exact) mass is 246 g/mol. The van der Waals surface area contributed by atoms with Crippen molar-refractivity contribution in [1.82, 2.24) is 4.98 Å². The second-order valence-electron chi connectivity index (χ2n) is 6.01. The third kappa shape index (κ3) is 2.01. The molecule has 0 aliphatic carbocycles. The molecular formula is C15H22N2O. The van der Waals surface area contributed by atoms with Crippen LogP contribution < -0.4 is 4.90 Å². The average molecular weight is 246 g/mol. The van der Waals surface area contributed by atoms with Crippen LogP contribution >= 0.6 is 0 Å². The van der Waals surface area contributed by atoms with Crippen LogP contribution in [0.25, 0.3) is 0 Å². The molecule has 2 fully saturated rings. The number of hydrogen-bond acceptors (Lipinski definition) is 3. The van der Waals surface area contributed by atoms with Gasteiger partial charge in [-0.2, -0.15) is 0 Å². The summed E-state index contributed by atoms with van der Waals surface area (Å²) in [5, 5.41) is 9.83. The molecule has 0 amide bonds. The highest BCUT2D eigenvalue weighted by molar-refractivity contribution is 5.49. The van der Waals surface area contributed by atoms with Gasteiger partial charge in [-0.05, 0) is 43.7 Å². The van der Waals surface area contributed by atoms with Gasteiger partial charge in [0, 0.05) is 17.8 Å². The van der Waals surface area contributed by atoms with Crippen molar-refractivity contribution in [2.45, 2.75) is 63.6 Å². The largest absolute Gasteiger partial charge is 0.393 e. The minimum absolute atomic E-state index is 0.0957. The van der Waals surface area contributed by atoms with Gasteiger partial charge >= 0.3 is 0 Å². The molecule has 3 heteroatoms. The topological polar surface area (TPSA) is 36.4 Å². The molecule has 3 rings (SSSR count). The lowest BCUT2D eigenvalue weighted by atomic mass is 9.99. The third-order valence-electron chi connectivity index (χ3n) is 4.37. The van der Waals surface area contributed by atoms with Crippen molar-refractivity contribution in [2.75, 3.05) is 4.90 Å². The summed E-state index contributed by atoms with van der Waals surface area (Å²) in [5.41, 5.74) is 2.39. The number of pyridine rings is 1. The molecule has 0 saturated carbocycles. The first kappa shape index (κ1) is 12.0. The Labute approximate surface area is 109 Å². The van der Waals surface area contributed by atoms with E-state index in [9.17, 15) is 5.11 Å². The summed E-state index contributed by atoms with van der Waals surface area (Å²) in [7, 11) is 0. The minimum atomic E-state index is -0.0957. The number of aliphatic hydroxyl groups excluding tert-OH is 1. The van der Waals surface area contributed by atoms with Crippen molar-refractivity contribution in [3.63, 3.8) is 0 Å². The van der Waals surface area contributed by atoms with Gasteiger partial charge in [0.25, 0.3) is 0 Å². The number of nitrogens with zero attached hydrogens (tertiary/aromatic N) is 2. The summed E-state index contributed by atoms with van der Waals surface area (Å²) >= 11 is 0. The molecule has 2 saturated heterocycles. The molecule has 2 bridgehead atoms. The number of rotatable bonds is 2. The van der Waals surface area contributed by atoms with Crippen LogP contribution in [0.5, 0.6) is 0 Å². The minimum Gasteiger partial charge on any atom is -0.393 e. The van der Waals surface area contributed by atoms with E-state index >= 15 is 0 Å². The van der Waals surface area contributed by atoms with Gasteiger partial charge < -0.3 is 10.0 Å². The SMILES string of the molecule is CC(C)c1ccc(N2[C@@H]3CC[C@H]2CC(O)C3)cn1. The molecule has 3 atom stereocenters. The second-order valence-corrected chi connectivity index (χ2v) is 6.01. The summed E-state index contributed by atoms with van der Waals surface area (Å²) in [6, 6.07) is 5.38. The third-order valence-corrected chi connectivity index (χ3v) is 4.37. The number of piperidine rings is 1. The number of fused-ring (bicyclic) bond motifs is 2. The molecule has 98 valence electrons. The van der Waals surface area contributed by atoms with Crippen LogP contribution in [0.4, 0.5) is 5.69 Å². The normalized spacial score (nSPS) is 31.1. The highest BCUT2D eigenvalue weighted by Crippen LogP contribution is 2.39. The van der Waals surface area contributed by atoms with E-state index in [0.29, 0.717) is 18.0 Å². The van der Waals surface area contributed by atoms with Crippen molar-refractivity contribution in [1.29, 1.82) is 0 Å². The zero-order valence-corrected chi connectivity index (χ0v) is 11.2. The molecule has 2 aliphatic rings. The van der Waals surface area contributed by atoms with Crippen LogP contribution in [0.2, 0.25) is 0 Å². The second kappa shape index (κ2) is 4.54. The van der Waals surface area contributed by atoms with Crippen molar-refractivity contribution < 1.29 is 5.11 Å². The molecule has 1 aromatic rings. The number of anilines is 1. The quantitative estimate of drug-likeness (QED) is 0.871. The molecule has 1 unspecified atom stereocenters. The molecule has 3 heterocycles. The summed E-state index contributed by atoms with van der Waals surface area (Å²) in [6.45, 7) is 4.34. The Morgan fingerprint density at radius 2 is 1.89 bits per heavy atom. The fraction of sp³-hybridized carbons (Fsp3) is 0.667. The first-order valence-electron chi connectivity index (χ1n) is 7.07. The lowest BCUT2D eigenvalue weighted by molar-refractivity contribution is 0.126. The van der Waals surface area contributed by atoms with Crippen LogP contribution in [0.1, 0.15) is 51.1 Å². The summed E-state index contributed by atoms with van der Waals surface area (Å²) < 4.78 is 0. The molecule has 0 spiro atoms. The van der Waals surface area contributed by atoms with Crippen molar-refractivity contribution in [2.24, 2.45) is 0 Å². The van der Waals surface area contributed by atoms with E-state index in [1.165, 1.54) is 18.5 Å². The van der Waals surface area contributed by atoms with E-state index in [1.807, 2.05) is 6.20 Å². The van der Waals surface area contributed by atoms with Crippen molar-refractivity contribution in [3.8, 4) is 0 Å². The van der Waals surface area contributed by atoms with Gasteiger partial charge in [-0.1, -0.05) is 13.8 Å². The lowest BCUT2D eigenvalue weighted by Gasteiger charge is -2.38. The predicted octanol–water partition coefficient (Wildman–Crippen LogP) is 2.70. The Hall–Kier alpha value is -1.09. The summed E-state index contributed by atoms with van der Waals surface area (Å²) in [6.07, 6.45) is 6.19. The van der Waals surface area contributed by atoms with E-state index in [1.54, 1.807) is 0 Å². The molecule has 3 nitrogen and oxygen atoms in total. The van der Waals surface area contributed by atoms with Crippen molar-refractivity contribution in [3.05, 3.63) is 24.0 Å². The first-order valence-corrected chi connectivity index (χ1v) is 7.07. The Morgan fingerprint density at radius 1 is 1.22 bits per heavy atom. The van der Waals surface area contributed by atoms with Crippen LogP contribution in [-0.4, -0.2) is 28.3 Å². The van der Waals surface area contributed by atoms with Gasteiger partial charge in [-0.3, -0.25) is 4.98 Å². The lowest BCUT2D eigenvalue weighted by Crippen LogP contribution is -2.44. The number of aliphatic hydroxyl groups is 1. The zero-order chi connectivity index (χ0) is 12.7. The Balaban J connectivity index is 1.83. The standard InChI is InChI=1S/C15H22N2O/c1-10(2)15-6-5-13(9-16-15)17-11-3-4-12(17)8-14(18)7-11/h5-6,9-12,14,18H,3-4,7-8H2,1-2H3/t11-,12+,14?. The van der Waals surface area contributed by atoms with E-state index in [4.69, 9.17) is 0 Å². The van der Waals surface area contributed by atoms with Gasteiger partial charge in [0.05, 0.1) is 18.0 Å². The van der Waals surface area contributed by atoms with Crippen LogP contribution in [0, 0.1) is 0 Å². The van der Waals surface area contributed by atoms with Crippen LogP contribution in [0.15, 0.2) is 18.3 Å². The first-order chi connectivity index (χ1) is 8.65. The zero-order valence-electron chi connectivity index (χ0n) is 11.2. The Bertz CT molecular complexity index is 401. The molecule has 1 aromatic heterocycles. The highest BCUT2D eigenvalue weighted by atomic mass is 16.3. The average Bonchev–Trinajstić information content (AvgIpc) is 2.62. The molecule has 2 aliphatic heterocycles. The van der Waals surface area contributed by atoms with Crippen LogP contribution in [-0.2, 0) is 0 Å². The van der Waals surface area contributed by atoms with Gasteiger partial charge in [-0.25, -0.2) is 0 Å². The van der Waals surface area contributed by atoms with Gasteiger partial charge in [0.1, 0.15) is 0 Å². The summed E-state index contributed by atoms with van der Waals surface area (Å²) in [4.78, 5) is 7.05. The summed E-state index contributed by atoms with van der Waals surface area (Å²) in [5.74, 6) is 0.485. The Kier molecular flexibility index (Phi) is 3.02. The molecule has 0 aromatic carbocycles.